The summed E-state index contributed by atoms with van der Waals surface area (Å²) >= 11 is 0. The number of rotatable bonds is 1. The Hall–Kier alpha value is -1.75. The lowest BCUT2D eigenvalue weighted by Gasteiger charge is -2.08. The molecule has 0 atom stereocenters. The minimum Gasteiger partial charge on any atom is -0.478 e. The SMILES string of the molecule is C1CCNCC1.O=C(O)c1ccc2c(c1)OCO2. The van der Waals surface area contributed by atoms with Gasteiger partial charge in [-0.2, -0.15) is 0 Å². The van der Waals surface area contributed by atoms with Gasteiger partial charge < -0.3 is 19.9 Å². The van der Waals surface area contributed by atoms with Crippen molar-refractivity contribution in [2.75, 3.05) is 19.9 Å². The molecule has 2 aliphatic rings. The Kier molecular flexibility index (Phi) is 4.41. The molecule has 5 heteroatoms. The highest BCUT2D eigenvalue weighted by Crippen LogP contribution is 2.32. The van der Waals surface area contributed by atoms with E-state index in [9.17, 15) is 4.79 Å². The highest BCUT2D eigenvalue weighted by Gasteiger charge is 2.15. The third-order valence-corrected chi connectivity index (χ3v) is 2.83. The summed E-state index contributed by atoms with van der Waals surface area (Å²) in [6.45, 7) is 2.67. The van der Waals surface area contributed by atoms with Crippen LogP contribution in [-0.4, -0.2) is 31.0 Å². The maximum atomic E-state index is 10.5. The standard InChI is InChI=1S/C8H6O4.C5H11N/c9-8(10)5-1-2-6-7(3-5)12-4-11-6;1-2-4-6-5-3-1/h1-3H,4H2,(H,9,10);6H,1-5H2. The van der Waals surface area contributed by atoms with Gasteiger partial charge >= 0.3 is 5.97 Å². The van der Waals surface area contributed by atoms with Gasteiger partial charge in [0.05, 0.1) is 5.56 Å². The Morgan fingerprint density at radius 2 is 1.83 bits per heavy atom. The Morgan fingerprint density at radius 1 is 1.11 bits per heavy atom. The lowest BCUT2D eigenvalue weighted by molar-refractivity contribution is 0.0696. The van der Waals surface area contributed by atoms with Crippen LogP contribution in [0.2, 0.25) is 0 Å². The molecule has 0 aliphatic carbocycles. The first-order chi connectivity index (χ1) is 8.77. The molecule has 1 fully saturated rings. The van der Waals surface area contributed by atoms with Crippen LogP contribution < -0.4 is 14.8 Å². The van der Waals surface area contributed by atoms with Gasteiger partial charge in [0.25, 0.3) is 0 Å². The molecule has 1 aromatic rings. The average molecular weight is 251 g/mol. The molecule has 0 amide bonds. The number of hydrogen-bond acceptors (Lipinski definition) is 4. The predicted octanol–water partition coefficient (Wildman–Crippen LogP) is 1.87. The molecule has 2 aliphatic heterocycles. The van der Waals surface area contributed by atoms with Crippen LogP contribution in [0.1, 0.15) is 29.6 Å². The van der Waals surface area contributed by atoms with Gasteiger partial charge in [0.2, 0.25) is 6.79 Å². The smallest absolute Gasteiger partial charge is 0.335 e. The van der Waals surface area contributed by atoms with Crippen molar-refractivity contribution >= 4 is 5.97 Å². The molecule has 0 unspecified atom stereocenters. The van der Waals surface area contributed by atoms with E-state index in [2.05, 4.69) is 5.32 Å². The van der Waals surface area contributed by atoms with Crippen LogP contribution in [0.25, 0.3) is 0 Å². The third-order valence-electron chi connectivity index (χ3n) is 2.83. The normalized spacial score (nSPS) is 16.7. The van der Waals surface area contributed by atoms with E-state index in [0.717, 1.165) is 0 Å². The van der Waals surface area contributed by atoms with Crippen molar-refractivity contribution in [3.8, 4) is 11.5 Å². The summed E-state index contributed by atoms with van der Waals surface area (Å²) in [7, 11) is 0. The Morgan fingerprint density at radius 3 is 2.39 bits per heavy atom. The van der Waals surface area contributed by atoms with E-state index in [4.69, 9.17) is 14.6 Å². The molecule has 1 saturated heterocycles. The summed E-state index contributed by atoms with van der Waals surface area (Å²) in [6.07, 6.45) is 4.22. The molecule has 5 nitrogen and oxygen atoms in total. The average Bonchev–Trinajstić information content (AvgIpc) is 2.88. The van der Waals surface area contributed by atoms with Crippen molar-refractivity contribution in [1.29, 1.82) is 0 Å². The Balaban J connectivity index is 0.000000169. The summed E-state index contributed by atoms with van der Waals surface area (Å²) in [4.78, 5) is 10.5. The number of carbonyl (C=O) groups is 1. The zero-order valence-electron chi connectivity index (χ0n) is 10.1. The van der Waals surface area contributed by atoms with E-state index in [-0.39, 0.29) is 12.4 Å². The van der Waals surface area contributed by atoms with Gasteiger partial charge in [0.15, 0.2) is 11.5 Å². The lowest BCUT2D eigenvalue weighted by Crippen LogP contribution is -2.21. The van der Waals surface area contributed by atoms with Crippen molar-refractivity contribution in [3.63, 3.8) is 0 Å². The maximum Gasteiger partial charge on any atom is 0.335 e. The molecule has 98 valence electrons. The summed E-state index contributed by atoms with van der Waals surface area (Å²) in [5.74, 6) is 0.128. The molecule has 0 spiro atoms. The van der Waals surface area contributed by atoms with Gasteiger partial charge in [-0.25, -0.2) is 4.79 Å². The quantitative estimate of drug-likeness (QED) is 0.797. The van der Waals surface area contributed by atoms with Gasteiger partial charge in [-0.15, -0.1) is 0 Å². The van der Waals surface area contributed by atoms with E-state index in [0.29, 0.717) is 11.5 Å². The fraction of sp³-hybridized carbons (Fsp3) is 0.462. The molecule has 18 heavy (non-hydrogen) atoms. The predicted molar refractivity (Wildman–Crippen MR) is 66.2 cm³/mol. The lowest BCUT2D eigenvalue weighted by atomic mass is 10.2. The van der Waals surface area contributed by atoms with Crippen LogP contribution in [0.4, 0.5) is 0 Å². The van der Waals surface area contributed by atoms with Gasteiger partial charge in [0.1, 0.15) is 0 Å². The van der Waals surface area contributed by atoms with Crippen LogP contribution in [0.15, 0.2) is 18.2 Å². The second-order valence-corrected chi connectivity index (χ2v) is 4.18. The summed E-state index contributed by atoms with van der Waals surface area (Å²) in [6, 6.07) is 4.52. The van der Waals surface area contributed by atoms with E-state index < -0.39 is 5.97 Å². The molecule has 2 heterocycles. The molecule has 0 bridgehead atoms. The molecule has 0 radical (unpaired) electrons. The highest BCUT2D eigenvalue weighted by molar-refractivity contribution is 5.88. The minimum atomic E-state index is -0.965. The molecule has 0 aromatic heterocycles. The van der Waals surface area contributed by atoms with Crippen molar-refractivity contribution in [3.05, 3.63) is 23.8 Å². The topological polar surface area (TPSA) is 67.8 Å². The fourth-order valence-corrected chi connectivity index (χ4v) is 1.83. The van der Waals surface area contributed by atoms with E-state index in [1.165, 1.54) is 44.5 Å². The first kappa shape index (κ1) is 12.7. The fourth-order valence-electron chi connectivity index (χ4n) is 1.83. The number of carboxylic acids is 1. The number of ether oxygens (including phenoxy) is 2. The highest BCUT2D eigenvalue weighted by atomic mass is 16.7. The minimum absolute atomic E-state index is 0.165. The van der Waals surface area contributed by atoms with Crippen molar-refractivity contribution < 1.29 is 19.4 Å². The maximum absolute atomic E-state index is 10.5. The van der Waals surface area contributed by atoms with E-state index >= 15 is 0 Å². The molecule has 2 N–H and O–H groups in total. The molecule has 0 saturated carbocycles. The number of fused-ring (bicyclic) bond motifs is 1. The number of nitrogens with one attached hydrogen (secondary N) is 1. The Bertz CT molecular complexity index is 404. The van der Waals surface area contributed by atoms with Crippen LogP contribution >= 0.6 is 0 Å². The largest absolute Gasteiger partial charge is 0.478 e. The zero-order chi connectivity index (χ0) is 12.8. The summed E-state index contributed by atoms with van der Waals surface area (Å²) < 4.78 is 10.0. The van der Waals surface area contributed by atoms with Crippen molar-refractivity contribution in [2.24, 2.45) is 0 Å². The number of aromatic carboxylic acids is 1. The summed E-state index contributed by atoms with van der Waals surface area (Å²) in [5, 5.41) is 11.9. The van der Waals surface area contributed by atoms with Gasteiger partial charge in [-0.3, -0.25) is 0 Å². The van der Waals surface area contributed by atoms with E-state index in [1.807, 2.05) is 0 Å². The molecular weight excluding hydrogens is 234 g/mol. The monoisotopic (exact) mass is 251 g/mol. The van der Waals surface area contributed by atoms with Crippen LogP contribution in [0.5, 0.6) is 11.5 Å². The number of carboxylic acid groups (broad SMARTS) is 1. The zero-order valence-corrected chi connectivity index (χ0v) is 10.1. The molecule has 1 aromatic carbocycles. The third kappa shape index (κ3) is 3.37. The second kappa shape index (κ2) is 6.26. The van der Waals surface area contributed by atoms with Gasteiger partial charge in [-0.05, 0) is 44.1 Å². The number of benzene rings is 1. The van der Waals surface area contributed by atoms with Crippen LogP contribution in [0.3, 0.4) is 0 Å². The van der Waals surface area contributed by atoms with Crippen LogP contribution in [-0.2, 0) is 0 Å². The molecular formula is C13H17NO4. The van der Waals surface area contributed by atoms with E-state index in [1.54, 1.807) is 6.07 Å². The number of piperidine rings is 1. The van der Waals surface area contributed by atoms with Crippen LogP contribution in [0, 0.1) is 0 Å². The Labute approximate surface area is 106 Å². The first-order valence-electron chi connectivity index (χ1n) is 6.11. The molecule has 3 rings (SSSR count). The first-order valence-corrected chi connectivity index (χ1v) is 6.11. The summed E-state index contributed by atoms with van der Waals surface area (Å²) in [5.41, 5.74) is 0.208. The second-order valence-electron chi connectivity index (χ2n) is 4.18. The number of hydrogen-bond donors (Lipinski definition) is 2. The van der Waals surface area contributed by atoms with Gasteiger partial charge in [0, 0.05) is 0 Å². The van der Waals surface area contributed by atoms with Crippen molar-refractivity contribution in [2.45, 2.75) is 19.3 Å². The van der Waals surface area contributed by atoms with Crippen molar-refractivity contribution in [1.82, 2.24) is 5.32 Å². The van der Waals surface area contributed by atoms with Gasteiger partial charge in [-0.1, -0.05) is 6.42 Å².